The molecule has 0 aromatic carbocycles. The molecular formula is C44H68O13. The Hall–Kier alpha value is -1.75. The summed E-state index contributed by atoms with van der Waals surface area (Å²) in [6.45, 7) is 14.5. The molecule has 0 saturated carbocycles. The Morgan fingerprint density at radius 2 is 1.75 bits per heavy atom. The molecule has 7 aliphatic heterocycles. The molecule has 0 amide bonds. The molecule has 6 saturated heterocycles. The van der Waals surface area contributed by atoms with Gasteiger partial charge in [-0.25, -0.2) is 4.79 Å². The van der Waals surface area contributed by atoms with Crippen LogP contribution in [0.2, 0.25) is 0 Å². The Labute approximate surface area is 337 Å². The highest BCUT2D eigenvalue weighted by molar-refractivity contribution is 5.76. The summed E-state index contributed by atoms with van der Waals surface area (Å²) < 4.78 is 45.2. The first-order chi connectivity index (χ1) is 26.9. The minimum atomic E-state index is -1.96. The predicted molar refractivity (Wildman–Crippen MR) is 208 cm³/mol. The molecule has 6 fully saturated rings. The number of aliphatic carboxylic acids is 1. The van der Waals surface area contributed by atoms with Gasteiger partial charge in [0.25, 0.3) is 0 Å². The van der Waals surface area contributed by atoms with E-state index in [4.69, 9.17) is 33.2 Å². The van der Waals surface area contributed by atoms with Crippen molar-refractivity contribution in [1.29, 1.82) is 0 Å². The number of rotatable bonds is 10. The van der Waals surface area contributed by atoms with Gasteiger partial charge in [-0.3, -0.25) is 0 Å². The molecule has 17 atom stereocenters. The molecule has 7 aliphatic rings. The van der Waals surface area contributed by atoms with Crippen molar-refractivity contribution in [2.75, 3.05) is 6.61 Å². The van der Waals surface area contributed by atoms with Gasteiger partial charge in [-0.2, -0.15) is 0 Å². The minimum absolute atomic E-state index is 0.0423. The molecule has 3 spiro atoms. The lowest BCUT2D eigenvalue weighted by Crippen LogP contribution is -2.60. The average Bonchev–Trinajstić information content (AvgIpc) is 3.56. The van der Waals surface area contributed by atoms with Crippen molar-refractivity contribution in [2.45, 2.75) is 209 Å². The second kappa shape index (κ2) is 17.0. The predicted octanol–water partition coefficient (Wildman–Crippen LogP) is 5.21. The van der Waals surface area contributed by atoms with Gasteiger partial charge in [0, 0.05) is 38.0 Å². The van der Waals surface area contributed by atoms with Crippen LogP contribution in [0.4, 0.5) is 0 Å². The van der Waals surface area contributed by atoms with Gasteiger partial charge in [-0.05, 0) is 95.1 Å². The summed E-state index contributed by atoms with van der Waals surface area (Å²) in [7, 11) is 0. The van der Waals surface area contributed by atoms with Gasteiger partial charge < -0.3 is 58.7 Å². The Bertz CT molecular complexity index is 1510. The second-order valence-corrected chi connectivity index (χ2v) is 18.9. The van der Waals surface area contributed by atoms with E-state index in [1.54, 1.807) is 6.08 Å². The average molecular weight is 805 g/mol. The largest absolute Gasteiger partial charge is 0.479 e. The zero-order chi connectivity index (χ0) is 40.9. The zero-order valence-electron chi connectivity index (χ0n) is 34.6. The molecule has 0 radical (unpaired) electrons. The van der Waals surface area contributed by atoms with Crippen LogP contribution in [0.3, 0.4) is 0 Å². The maximum Gasteiger partial charge on any atom is 0.335 e. The SMILES string of the molecule is C=C1C([C@@H](O)C[C@H](C)C2O[C@@]3(CCCCO3)CC[C@H]2C)OC2CC[C@@]3(CC[C@@H](/C=C/[C@@H](C)C4CC(C)=C[C@]5(O4)O[C@H](C[C@@](C)(O)C(=O)O)CCC5O)O3)OC2[C@@H]1O. The normalized spacial score (nSPS) is 45.4. The van der Waals surface area contributed by atoms with Gasteiger partial charge in [0.15, 0.2) is 17.2 Å². The Kier molecular flexibility index (Phi) is 12.9. The molecule has 7 heterocycles. The van der Waals surface area contributed by atoms with E-state index in [0.717, 1.165) is 50.7 Å². The summed E-state index contributed by atoms with van der Waals surface area (Å²) in [5.41, 5.74) is -0.551. The molecular weight excluding hydrogens is 736 g/mol. The molecule has 0 aliphatic carbocycles. The maximum absolute atomic E-state index is 11.6. The van der Waals surface area contributed by atoms with Gasteiger partial charge >= 0.3 is 5.97 Å². The van der Waals surface area contributed by atoms with Crippen LogP contribution in [0.15, 0.2) is 36.0 Å². The van der Waals surface area contributed by atoms with Crippen LogP contribution >= 0.6 is 0 Å². The number of hydrogen-bond donors (Lipinski definition) is 5. The molecule has 13 nitrogen and oxygen atoms in total. The number of fused-ring (bicyclic) bond motifs is 1. The number of ether oxygens (including phenoxy) is 7. The molecule has 57 heavy (non-hydrogen) atoms. The fraction of sp³-hybridized carbons (Fsp3) is 0.841. The van der Waals surface area contributed by atoms with Crippen molar-refractivity contribution in [3.63, 3.8) is 0 Å². The number of carbonyl (C=O) groups is 1. The number of hydrogen-bond acceptors (Lipinski definition) is 12. The maximum atomic E-state index is 11.6. The first-order valence-corrected chi connectivity index (χ1v) is 21.7. The molecule has 5 N–H and O–H groups in total. The van der Waals surface area contributed by atoms with Crippen molar-refractivity contribution in [3.05, 3.63) is 36.0 Å². The van der Waals surface area contributed by atoms with Crippen molar-refractivity contribution < 1.29 is 63.5 Å². The van der Waals surface area contributed by atoms with E-state index in [0.29, 0.717) is 56.4 Å². The van der Waals surface area contributed by atoms with Gasteiger partial charge in [-0.15, -0.1) is 0 Å². The number of aliphatic hydroxyl groups is 4. The molecule has 322 valence electrons. The first kappa shape index (κ1) is 43.3. The molecule has 0 bridgehead atoms. The number of carboxylic acids is 1. The van der Waals surface area contributed by atoms with Gasteiger partial charge in [0.05, 0.1) is 43.2 Å². The van der Waals surface area contributed by atoms with Crippen molar-refractivity contribution in [2.24, 2.45) is 17.8 Å². The summed E-state index contributed by atoms with van der Waals surface area (Å²) in [5.74, 6) is -3.82. The van der Waals surface area contributed by atoms with Crippen LogP contribution in [0, 0.1) is 17.8 Å². The lowest BCUT2D eigenvalue weighted by atomic mass is 9.79. The Morgan fingerprint density at radius 3 is 2.49 bits per heavy atom. The highest BCUT2D eigenvalue weighted by Gasteiger charge is 2.55. The molecule has 7 rings (SSSR count). The molecule has 13 heteroatoms. The molecule has 0 aromatic heterocycles. The smallest absolute Gasteiger partial charge is 0.335 e. The quantitative estimate of drug-likeness (QED) is 0.182. The molecule has 0 aromatic rings. The Morgan fingerprint density at radius 1 is 1.00 bits per heavy atom. The van der Waals surface area contributed by atoms with E-state index in [9.17, 15) is 30.3 Å². The van der Waals surface area contributed by atoms with Crippen molar-refractivity contribution >= 4 is 5.97 Å². The van der Waals surface area contributed by atoms with E-state index in [1.165, 1.54) is 6.92 Å². The summed E-state index contributed by atoms with van der Waals surface area (Å²) in [6, 6.07) is 0. The fourth-order valence-corrected chi connectivity index (χ4v) is 10.5. The van der Waals surface area contributed by atoms with Crippen molar-refractivity contribution in [3.8, 4) is 0 Å². The third-order valence-corrected chi connectivity index (χ3v) is 14.0. The molecule has 6 unspecified atom stereocenters. The summed E-state index contributed by atoms with van der Waals surface area (Å²) in [4.78, 5) is 11.6. The van der Waals surface area contributed by atoms with E-state index >= 15 is 0 Å². The Balaban J connectivity index is 0.920. The first-order valence-electron chi connectivity index (χ1n) is 21.7. The van der Waals surface area contributed by atoms with E-state index in [-0.39, 0.29) is 36.6 Å². The highest BCUT2D eigenvalue weighted by atomic mass is 16.7. The van der Waals surface area contributed by atoms with Crippen LogP contribution in [0.25, 0.3) is 0 Å². The van der Waals surface area contributed by atoms with Crippen LogP contribution in [-0.4, -0.2) is 122 Å². The van der Waals surface area contributed by atoms with Crippen molar-refractivity contribution in [1.82, 2.24) is 0 Å². The minimum Gasteiger partial charge on any atom is -0.479 e. The standard InChI is InChI=1S/C44H68O13/c1-25-21-34(55-44(23-25)35(46)12-11-31(54-44)24-41(6,50)40(48)49)26(2)9-10-30-14-18-43(53-30)19-15-33-39(57-43)36(47)29(5)38(52-33)32(45)22-28(4)37-27(3)13-17-42(56-37)16-7-8-20-51-42/h9-10,23,26-28,30-39,45-47,50H,5,7-8,11-22,24H2,1-4,6H3,(H,48,49)/b10-9+/t26-,27-,28+,30-,31+,32+,33?,34?,35?,36-,37?,38?,39?,41-,42+,43-,44-/m1/s1. The topological polar surface area (TPSA) is 183 Å². The third kappa shape index (κ3) is 9.15. The fourth-order valence-electron chi connectivity index (χ4n) is 10.5. The van der Waals surface area contributed by atoms with Crippen LogP contribution in [-0.2, 0) is 38.0 Å². The summed E-state index contributed by atoms with van der Waals surface area (Å²) in [6.07, 6.45) is 9.37. The van der Waals surface area contributed by atoms with E-state index in [1.807, 2.05) is 19.9 Å². The monoisotopic (exact) mass is 804 g/mol. The second-order valence-electron chi connectivity index (χ2n) is 18.9. The van der Waals surface area contributed by atoms with Gasteiger partial charge in [0.2, 0.25) is 5.79 Å². The number of aliphatic hydroxyl groups excluding tert-OH is 3. The highest BCUT2D eigenvalue weighted by Crippen LogP contribution is 2.47. The van der Waals surface area contributed by atoms with Crippen LogP contribution in [0.1, 0.15) is 125 Å². The van der Waals surface area contributed by atoms with Crippen LogP contribution < -0.4 is 0 Å². The van der Waals surface area contributed by atoms with Crippen LogP contribution in [0.5, 0.6) is 0 Å². The lowest BCUT2D eigenvalue weighted by Gasteiger charge is -2.50. The van der Waals surface area contributed by atoms with Gasteiger partial charge in [0.1, 0.15) is 24.4 Å². The summed E-state index contributed by atoms with van der Waals surface area (Å²) in [5, 5.41) is 54.0. The zero-order valence-corrected chi connectivity index (χ0v) is 34.6. The number of carboxylic acid groups (broad SMARTS) is 1. The lowest BCUT2D eigenvalue weighted by molar-refractivity contribution is -0.321. The third-order valence-electron chi connectivity index (χ3n) is 14.0. The van der Waals surface area contributed by atoms with E-state index < -0.39 is 71.7 Å². The van der Waals surface area contributed by atoms with E-state index in [2.05, 4.69) is 26.5 Å². The summed E-state index contributed by atoms with van der Waals surface area (Å²) >= 11 is 0. The van der Waals surface area contributed by atoms with Gasteiger partial charge in [-0.1, -0.05) is 45.1 Å².